The van der Waals surface area contributed by atoms with E-state index in [1.54, 1.807) is 11.8 Å². The van der Waals surface area contributed by atoms with Gasteiger partial charge in [0.15, 0.2) is 11.2 Å². The molecule has 2 aromatic rings. The molecule has 7 heteroatoms. The fourth-order valence-electron chi connectivity index (χ4n) is 2.52. The number of hydrogen-bond donors (Lipinski definition) is 2. The third-order valence-electron chi connectivity index (χ3n) is 4.21. The van der Waals surface area contributed by atoms with Crippen LogP contribution in [0.3, 0.4) is 0 Å². The zero-order chi connectivity index (χ0) is 19.3. The van der Waals surface area contributed by atoms with E-state index >= 15 is 0 Å². The molecule has 1 aliphatic heterocycles. The smallest absolute Gasteiger partial charge is 0.190 e. The summed E-state index contributed by atoms with van der Waals surface area (Å²) in [5.41, 5.74) is 5.50. The average molecular weight is 377 g/mol. The highest BCUT2D eigenvalue weighted by Crippen LogP contribution is 2.42. The molecule has 0 saturated heterocycles. The van der Waals surface area contributed by atoms with Crippen LogP contribution >= 0.6 is 11.8 Å². The first kappa shape index (κ1) is 20.2. The van der Waals surface area contributed by atoms with Crippen molar-refractivity contribution in [2.75, 3.05) is 13.2 Å². The van der Waals surface area contributed by atoms with Crippen LogP contribution in [0.1, 0.15) is 47.9 Å². The number of aliphatic hydroxyl groups is 1. The van der Waals surface area contributed by atoms with E-state index in [2.05, 4.69) is 25.6 Å². The van der Waals surface area contributed by atoms with Crippen molar-refractivity contribution in [3.05, 3.63) is 51.4 Å². The van der Waals surface area contributed by atoms with Gasteiger partial charge in [-0.2, -0.15) is 0 Å². The van der Waals surface area contributed by atoms with Gasteiger partial charge in [-0.25, -0.2) is 0 Å². The minimum Gasteiger partial charge on any atom is -0.542 e. The van der Waals surface area contributed by atoms with Crippen LogP contribution in [0.5, 0.6) is 0 Å². The maximum Gasteiger partial charge on any atom is 0.190 e. The maximum absolute atomic E-state index is 12.1. The number of quaternary nitrogens is 1. The van der Waals surface area contributed by atoms with Crippen molar-refractivity contribution in [2.45, 2.75) is 36.8 Å². The second-order valence-electron chi connectivity index (χ2n) is 6.00. The summed E-state index contributed by atoms with van der Waals surface area (Å²) in [5.74, 6) is -0.656. The quantitative estimate of drug-likeness (QED) is 0.821. The highest BCUT2D eigenvalue weighted by molar-refractivity contribution is 7.98. The SMILES string of the molecule is CCC(C)c1ccc2c(c1)-c1oc(C(=O)[O-])cc(=O)c1CS2.[NH3+]CCO. The minimum atomic E-state index is -1.47. The summed E-state index contributed by atoms with van der Waals surface area (Å²) < 4.78 is 5.46. The Morgan fingerprint density at radius 1 is 1.42 bits per heavy atom. The van der Waals surface area contributed by atoms with Crippen molar-refractivity contribution >= 4 is 17.7 Å². The maximum atomic E-state index is 12.1. The molecule has 1 atom stereocenters. The molecule has 1 aromatic carbocycles. The first-order valence-electron chi connectivity index (χ1n) is 8.48. The first-order valence-corrected chi connectivity index (χ1v) is 9.47. The van der Waals surface area contributed by atoms with Gasteiger partial charge in [-0.1, -0.05) is 19.9 Å². The lowest BCUT2D eigenvalue weighted by atomic mass is 9.95. The normalized spacial score (nSPS) is 13.1. The predicted molar refractivity (Wildman–Crippen MR) is 97.9 cm³/mol. The van der Waals surface area contributed by atoms with Gasteiger partial charge in [-0.15, -0.1) is 11.8 Å². The molecule has 4 N–H and O–H groups in total. The van der Waals surface area contributed by atoms with E-state index in [0.717, 1.165) is 28.5 Å². The Labute approximate surface area is 156 Å². The molecule has 0 saturated carbocycles. The van der Waals surface area contributed by atoms with E-state index in [4.69, 9.17) is 9.52 Å². The summed E-state index contributed by atoms with van der Waals surface area (Å²) in [7, 11) is 0. The van der Waals surface area contributed by atoms with Crippen LogP contribution in [-0.2, 0) is 5.75 Å². The number of thioether (sulfide) groups is 1. The Kier molecular flexibility index (Phi) is 7.02. The summed E-state index contributed by atoms with van der Waals surface area (Å²) in [6.07, 6.45) is 1.00. The highest BCUT2D eigenvalue weighted by atomic mass is 32.2. The topological polar surface area (TPSA) is 118 Å². The number of fused-ring (bicyclic) bond motifs is 3. The van der Waals surface area contributed by atoms with Crippen molar-refractivity contribution in [2.24, 2.45) is 0 Å². The molecular weight excluding hydrogens is 354 g/mol. The molecule has 0 amide bonds. The summed E-state index contributed by atoms with van der Waals surface area (Å²) in [6.45, 7) is 5.08. The van der Waals surface area contributed by atoms with E-state index in [-0.39, 0.29) is 12.0 Å². The third-order valence-corrected chi connectivity index (χ3v) is 5.31. The van der Waals surface area contributed by atoms with Gasteiger partial charge in [0.05, 0.1) is 18.7 Å². The van der Waals surface area contributed by atoms with Gasteiger partial charge in [-0.05, 0) is 30.0 Å². The van der Waals surface area contributed by atoms with Crippen molar-refractivity contribution in [3.8, 4) is 11.3 Å². The molecule has 0 bridgehead atoms. The number of carboxylic acids is 1. The van der Waals surface area contributed by atoms with Crippen LogP contribution in [-0.4, -0.2) is 24.2 Å². The van der Waals surface area contributed by atoms with Crippen LogP contribution in [0, 0.1) is 0 Å². The van der Waals surface area contributed by atoms with Crippen molar-refractivity contribution in [3.63, 3.8) is 0 Å². The Hall–Kier alpha value is -2.09. The van der Waals surface area contributed by atoms with Crippen LogP contribution < -0.4 is 16.3 Å². The number of carbonyl (C=O) groups is 1. The van der Waals surface area contributed by atoms with Gasteiger partial charge in [0, 0.05) is 22.3 Å². The van der Waals surface area contributed by atoms with E-state index in [1.165, 1.54) is 0 Å². The number of aliphatic hydroxyl groups excluding tert-OH is 1. The summed E-state index contributed by atoms with van der Waals surface area (Å²) in [5, 5.41) is 18.8. The van der Waals surface area contributed by atoms with Crippen LogP contribution in [0.15, 0.2) is 38.4 Å². The molecule has 26 heavy (non-hydrogen) atoms. The fourth-order valence-corrected chi connectivity index (χ4v) is 3.56. The van der Waals surface area contributed by atoms with Crippen LogP contribution in [0.4, 0.5) is 0 Å². The Balaban J connectivity index is 0.000000552. The second-order valence-corrected chi connectivity index (χ2v) is 7.02. The van der Waals surface area contributed by atoms with Crippen LogP contribution in [0.25, 0.3) is 11.3 Å². The summed E-state index contributed by atoms with van der Waals surface area (Å²) in [6, 6.07) is 7.08. The number of carboxylic acid groups (broad SMARTS) is 1. The molecule has 0 radical (unpaired) electrons. The molecular formula is C19H23NO5S. The Bertz CT molecular complexity index is 844. The van der Waals surface area contributed by atoms with Gasteiger partial charge in [-0.3, -0.25) is 4.79 Å². The van der Waals surface area contributed by atoms with E-state index in [9.17, 15) is 14.7 Å². The Morgan fingerprint density at radius 3 is 2.69 bits per heavy atom. The van der Waals surface area contributed by atoms with Crippen molar-refractivity contribution in [1.82, 2.24) is 0 Å². The molecule has 0 spiro atoms. The molecule has 0 fully saturated rings. The number of rotatable bonds is 4. The lowest BCUT2D eigenvalue weighted by Crippen LogP contribution is -2.51. The van der Waals surface area contributed by atoms with Crippen molar-refractivity contribution < 1.29 is 25.2 Å². The molecule has 1 aromatic heterocycles. The lowest BCUT2D eigenvalue weighted by Gasteiger charge is -2.20. The third kappa shape index (κ3) is 4.35. The molecule has 0 aliphatic carbocycles. The van der Waals surface area contributed by atoms with Crippen LogP contribution in [0.2, 0.25) is 0 Å². The predicted octanol–water partition coefficient (Wildman–Crippen LogP) is 1.01. The van der Waals surface area contributed by atoms with E-state index in [0.29, 0.717) is 29.5 Å². The Morgan fingerprint density at radius 2 is 2.12 bits per heavy atom. The number of carbonyl (C=O) groups excluding carboxylic acids is 1. The van der Waals surface area contributed by atoms with Crippen molar-refractivity contribution in [1.29, 1.82) is 0 Å². The average Bonchev–Trinajstić information content (AvgIpc) is 2.66. The zero-order valence-corrected chi connectivity index (χ0v) is 15.7. The first-order chi connectivity index (χ1) is 12.4. The largest absolute Gasteiger partial charge is 0.542 e. The van der Waals surface area contributed by atoms with Gasteiger partial charge >= 0.3 is 0 Å². The summed E-state index contributed by atoms with van der Waals surface area (Å²) >= 11 is 1.56. The highest BCUT2D eigenvalue weighted by Gasteiger charge is 2.23. The fraction of sp³-hybridized carbons (Fsp3) is 0.368. The number of hydrogen-bond acceptors (Lipinski definition) is 6. The second kappa shape index (κ2) is 9.02. The molecule has 140 valence electrons. The molecule has 1 unspecified atom stereocenters. The molecule has 2 heterocycles. The number of aromatic carboxylic acids is 1. The van der Waals surface area contributed by atoms with Gasteiger partial charge in [0.2, 0.25) is 0 Å². The lowest BCUT2D eigenvalue weighted by molar-refractivity contribution is -0.372. The molecule has 1 aliphatic rings. The molecule has 6 nitrogen and oxygen atoms in total. The van der Waals surface area contributed by atoms with E-state index < -0.39 is 11.7 Å². The zero-order valence-electron chi connectivity index (χ0n) is 14.9. The monoisotopic (exact) mass is 377 g/mol. The standard InChI is InChI=1S/C17H16O4S.C2H7NO/c1-3-9(2)10-4-5-15-11(6-10)16-12(8-22-15)13(18)7-14(21-16)17(19)20;3-1-2-4/h4-7,9H,3,8H2,1-2H3,(H,19,20);4H,1-3H2. The van der Waals surface area contributed by atoms with Gasteiger partial charge < -0.3 is 25.2 Å². The van der Waals surface area contributed by atoms with Gasteiger partial charge in [0.25, 0.3) is 0 Å². The molecule has 3 rings (SSSR count). The number of benzene rings is 1. The van der Waals surface area contributed by atoms with E-state index in [1.807, 2.05) is 12.1 Å². The van der Waals surface area contributed by atoms with Gasteiger partial charge in [0.1, 0.15) is 11.7 Å². The minimum absolute atomic E-state index is 0.208. The summed E-state index contributed by atoms with van der Waals surface area (Å²) in [4.78, 5) is 24.1.